The first kappa shape index (κ1) is 15.2. The Morgan fingerprint density at radius 3 is 2.81 bits per heavy atom. The maximum atomic E-state index is 12.1. The molecule has 2 unspecified atom stereocenters. The number of hydrogen-bond acceptors (Lipinski definition) is 4. The van der Waals surface area contributed by atoms with Gasteiger partial charge in [-0.05, 0) is 18.1 Å². The smallest absolute Gasteiger partial charge is 0.308 e. The fraction of sp³-hybridized carbons (Fsp3) is 0.467. The van der Waals surface area contributed by atoms with Crippen LogP contribution >= 0.6 is 0 Å². The van der Waals surface area contributed by atoms with Gasteiger partial charge in [0, 0.05) is 6.54 Å². The third-order valence-electron chi connectivity index (χ3n) is 3.54. The van der Waals surface area contributed by atoms with Crippen molar-refractivity contribution in [2.45, 2.75) is 20.0 Å². The first-order valence-corrected chi connectivity index (χ1v) is 6.99. The third-order valence-corrected chi connectivity index (χ3v) is 3.54. The van der Waals surface area contributed by atoms with Crippen molar-refractivity contribution in [1.82, 2.24) is 5.32 Å². The summed E-state index contributed by atoms with van der Waals surface area (Å²) in [4.78, 5) is 23.2. The largest absolute Gasteiger partial charge is 0.481 e. The van der Waals surface area contributed by atoms with E-state index in [1.165, 1.54) is 0 Å². The standard InChI is InChI=1S/C15H20N2O4/c1-9(2)10(15(19)20)7-17-14(18)13-8-16-11-5-3-4-6-12(11)21-13/h3-6,9-10,13,16H,7-8H2,1-2H3,(H,17,18)(H,19,20). The van der Waals surface area contributed by atoms with Crippen LogP contribution in [-0.4, -0.2) is 36.2 Å². The van der Waals surface area contributed by atoms with E-state index in [0.29, 0.717) is 12.3 Å². The summed E-state index contributed by atoms with van der Waals surface area (Å²) in [6.07, 6.45) is -0.651. The number of anilines is 1. The average Bonchev–Trinajstić information content (AvgIpc) is 2.46. The van der Waals surface area contributed by atoms with Gasteiger partial charge in [0.15, 0.2) is 6.10 Å². The van der Waals surface area contributed by atoms with Gasteiger partial charge in [-0.25, -0.2) is 0 Å². The number of rotatable bonds is 5. The van der Waals surface area contributed by atoms with E-state index in [-0.39, 0.29) is 18.4 Å². The second-order valence-electron chi connectivity index (χ2n) is 5.42. The molecule has 0 saturated carbocycles. The van der Waals surface area contributed by atoms with E-state index in [4.69, 9.17) is 9.84 Å². The summed E-state index contributed by atoms with van der Waals surface area (Å²) in [6, 6.07) is 7.38. The number of fused-ring (bicyclic) bond motifs is 1. The Morgan fingerprint density at radius 2 is 2.14 bits per heavy atom. The number of carbonyl (C=O) groups is 2. The zero-order chi connectivity index (χ0) is 15.4. The van der Waals surface area contributed by atoms with Crippen molar-refractivity contribution in [2.24, 2.45) is 11.8 Å². The maximum Gasteiger partial charge on any atom is 0.308 e. The normalized spacial score (nSPS) is 18.1. The zero-order valence-corrected chi connectivity index (χ0v) is 12.1. The quantitative estimate of drug-likeness (QED) is 0.762. The molecule has 1 aliphatic heterocycles. The highest BCUT2D eigenvalue weighted by atomic mass is 16.5. The Morgan fingerprint density at radius 1 is 1.43 bits per heavy atom. The van der Waals surface area contributed by atoms with E-state index >= 15 is 0 Å². The molecule has 0 fully saturated rings. The average molecular weight is 292 g/mol. The molecular formula is C15H20N2O4. The molecule has 6 nitrogen and oxygen atoms in total. The Balaban J connectivity index is 1.92. The van der Waals surface area contributed by atoms with Crippen LogP contribution in [0.5, 0.6) is 5.75 Å². The highest BCUT2D eigenvalue weighted by Gasteiger charge is 2.28. The van der Waals surface area contributed by atoms with E-state index in [9.17, 15) is 9.59 Å². The van der Waals surface area contributed by atoms with Crippen molar-refractivity contribution in [3.8, 4) is 5.75 Å². The summed E-state index contributed by atoms with van der Waals surface area (Å²) >= 11 is 0. The van der Waals surface area contributed by atoms with Crippen LogP contribution in [0.2, 0.25) is 0 Å². The molecule has 6 heteroatoms. The van der Waals surface area contributed by atoms with Crippen LogP contribution < -0.4 is 15.4 Å². The van der Waals surface area contributed by atoms with Gasteiger partial charge in [0.05, 0.1) is 18.2 Å². The molecule has 2 rings (SSSR count). The number of hydrogen-bond donors (Lipinski definition) is 3. The van der Waals surface area contributed by atoms with Crippen LogP contribution in [0.4, 0.5) is 5.69 Å². The van der Waals surface area contributed by atoms with Crippen LogP contribution in [0.25, 0.3) is 0 Å². The number of benzene rings is 1. The van der Waals surface area contributed by atoms with E-state index in [1.807, 2.05) is 32.0 Å². The molecule has 2 atom stereocenters. The van der Waals surface area contributed by atoms with E-state index in [1.54, 1.807) is 6.07 Å². The van der Waals surface area contributed by atoms with Crippen molar-refractivity contribution < 1.29 is 19.4 Å². The highest BCUT2D eigenvalue weighted by molar-refractivity contribution is 5.83. The summed E-state index contributed by atoms with van der Waals surface area (Å²) in [7, 11) is 0. The predicted octanol–water partition coefficient (Wildman–Crippen LogP) is 1.33. The number of nitrogens with one attached hydrogen (secondary N) is 2. The minimum absolute atomic E-state index is 0.0473. The van der Waals surface area contributed by atoms with E-state index in [0.717, 1.165) is 5.69 Å². The van der Waals surface area contributed by atoms with Crippen LogP contribution in [0, 0.1) is 11.8 Å². The number of amides is 1. The molecule has 0 radical (unpaired) electrons. The molecule has 0 spiro atoms. The zero-order valence-electron chi connectivity index (χ0n) is 12.1. The summed E-state index contributed by atoms with van der Waals surface area (Å²) in [5, 5.41) is 14.9. The molecule has 1 amide bonds. The Bertz CT molecular complexity index is 530. The molecule has 1 aromatic rings. The topological polar surface area (TPSA) is 87.7 Å². The maximum absolute atomic E-state index is 12.1. The minimum atomic E-state index is -0.904. The lowest BCUT2D eigenvalue weighted by Crippen LogP contribution is -2.47. The monoisotopic (exact) mass is 292 g/mol. The van der Waals surface area contributed by atoms with E-state index in [2.05, 4.69) is 10.6 Å². The van der Waals surface area contributed by atoms with Gasteiger partial charge in [0.2, 0.25) is 0 Å². The summed E-state index contributed by atoms with van der Waals surface area (Å²) in [5.74, 6) is -1.23. The van der Waals surface area contributed by atoms with Crippen LogP contribution in [0.1, 0.15) is 13.8 Å². The molecule has 1 heterocycles. The molecular weight excluding hydrogens is 272 g/mol. The molecule has 1 aromatic carbocycles. The second-order valence-corrected chi connectivity index (χ2v) is 5.42. The summed E-state index contributed by atoms with van der Waals surface area (Å²) in [5.41, 5.74) is 0.854. The number of carbonyl (C=O) groups excluding carboxylic acids is 1. The lowest BCUT2D eigenvalue weighted by Gasteiger charge is -2.27. The van der Waals surface area contributed by atoms with Gasteiger partial charge in [-0.1, -0.05) is 26.0 Å². The number of aliphatic carboxylic acids is 1. The summed E-state index contributed by atoms with van der Waals surface area (Å²) in [6.45, 7) is 4.11. The number of para-hydroxylation sites is 2. The fourth-order valence-corrected chi connectivity index (χ4v) is 2.19. The van der Waals surface area contributed by atoms with Crippen molar-refractivity contribution in [2.75, 3.05) is 18.4 Å². The number of carboxylic acid groups (broad SMARTS) is 1. The first-order valence-electron chi connectivity index (χ1n) is 6.99. The Hall–Kier alpha value is -2.24. The highest BCUT2D eigenvalue weighted by Crippen LogP contribution is 2.28. The van der Waals surface area contributed by atoms with Gasteiger partial charge >= 0.3 is 5.97 Å². The molecule has 0 saturated heterocycles. The Labute approximate surface area is 123 Å². The SMILES string of the molecule is CC(C)C(CNC(=O)C1CNc2ccccc2O1)C(=O)O. The van der Waals surface area contributed by atoms with Crippen molar-refractivity contribution >= 4 is 17.6 Å². The lowest BCUT2D eigenvalue weighted by atomic mass is 9.96. The van der Waals surface area contributed by atoms with Gasteiger partial charge in [-0.3, -0.25) is 9.59 Å². The van der Waals surface area contributed by atoms with Gasteiger partial charge in [0.25, 0.3) is 5.91 Å². The van der Waals surface area contributed by atoms with Gasteiger partial charge in [-0.2, -0.15) is 0 Å². The number of carboxylic acids is 1. The molecule has 3 N–H and O–H groups in total. The minimum Gasteiger partial charge on any atom is -0.481 e. The van der Waals surface area contributed by atoms with Crippen molar-refractivity contribution in [3.63, 3.8) is 0 Å². The fourth-order valence-electron chi connectivity index (χ4n) is 2.19. The third kappa shape index (κ3) is 3.65. The molecule has 1 aliphatic rings. The predicted molar refractivity (Wildman–Crippen MR) is 78.3 cm³/mol. The van der Waals surface area contributed by atoms with Gasteiger partial charge in [0.1, 0.15) is 5.75 Å². The van der Waals surface area contributed by atoms with Crippen LogP contribution in [0.3, 0.4) is 0 Å². The molecule has 0 aliphatic carbocycles. The van der Waals surface area contributed by atoms with Gasteiger partial charge in [-0.15, -0.1) is 0 Å². The van der Waals surface area contributed by atoms with Crippen molar-refractivity contribution in [3.05, 3.63) is 24.3 Å². The van der Waals surface area contributed by atoms with Crippen LogP contribution in [-0.2, 0) is 9.59 Å². The van der Waals surface area contributed by atoms with E-state index < -0.39 is 18.0 Å². The molecule has 0 bridgehead atoms. The molecule has 0 aromatic heterocycles. The summed E-state index contributed by atoms with van der Waals surface area (Å²) < 4.78 is 5.62. The molecule has 21 heavy (non-hydrogen) atoms. The number of ether oxygens (including phenoxy) is 1. The Kier molecular flexibility index (Phi) is 4.67. The molecule has 114 valence electrons. The second kappa shape index (κ2) is 6.47. The van der Waals surface area contributed by atoms with Crippen molar-refractivity contribution in [1.29, 1.82) is 0 Å². The lowest BCUT2D eigenvalue weighted by molar-refractivity contribution is -0.143. The first-order chi connectivity index (χ1) is 9.99. The van der Waals surface area contributed by atoms with Crippen LogP contribution in [0.15, 0.2) is 24.3 Å². The van der Waals surface area contributed by atoms with Gasteiger partial charge < -0.3 is 20.5 Å².